The molecule has 0 fully saturated rings. The highest BCUT2D eigenvalue weighted by Gasteiger charge is 2.17. The van der Waals surface area contributed by atoms with Crippen LogP contribution in [0.5, 0.6) is 0 Å². The van der Waals surface area contributed by atoms with Crippen molar-refractivity contribution in [1.29, 1.82) is 0 Å². The van der Waals surface area contributed by atoms with Gasteiger partial charge in [-0.25, -0.2) is 13.2 Å². The van der Waals surface area contributed by atoms with Crippen LogP contribution in [0.3, 0.4) is 0 Å². The third-order valence-electron chi connectivity index (χ3n) is 2.21. The van der Waals surface area contributed by atoms with Crippen LogP contribution in [-0.4, -0.2) is 19.5 Å². The molecule has 5 nitrogen and oxygen atoms in total. The summed E-state index contributed by atoms with van der Waals surface area (Å²) >= 11 is 10.00. The van der Waals surface area contributed by atoms with Crippen LogP contribution in [0.25, 0.3) is 0 Å². The standard InChI is InChI=1S/C11H7BrClNO4S2/c12-9-1-2-10(19-9)20(17,18)14-8-4-6(11(15)16)3-7(13)5-8/h1-5,14H,(H,15,16). The Labute approximate surface area is 132 Å². The Bertz CT molecular complexity index is 772. The van der Waals surface area contributed by atoms with E-state index in [9.17, 15) is 13.2 Å². The van der Waals surface area contributed by atoms with Crippen LogP contribution in [0.1, 0.15) is 10.4 Å². The van der Waals surface area contributed by atoms with Gasteiger partial charge < -0.3 is 5.11 Å². The van der Waals surface area contributed by atoms with Crippen LogP contribution in [0.15, 0.2) is 38.3 Å². The summed E-state index contributed by atoms with van der Waals surface area (Å²) in [5.74, 6) is -1.19. The number of aromatic carboxylic acids is 1. The molecule has 0 aliphatic rings. The van der Waals surface area contributed by atoms with E-state index in [1.54, 1.807) is 6.07 Å². The zero-order chi connectivity index (χ0) is 14.9. The molecule has 0 unspecified atom stereocenters. The lowest BCUT2D eigenvalue weighted by molar-refractivity contribution is 0.0697. The molecule has 0 radical (unpaired) electrons. The Hall–Kier alpha value is -1.09. The molecular weight excluding hydrogens is 390 g/mol. The van der Waals surface area contributed by atoms with Gasteiger partial charge in [0.2, 0.25) is 0 Å². The summed E-state index contributed by atoms with van der Waals surface area (Å²) in [5, 5.41) is 9.05. The molecule has 0 saturated heterocycles. The van der Waals surface area contributed by atoms with Crippen molar-refractivity contribution in [2.75, 3.05) is 4.72 Å². The molecule has 1 heterocycles. The van der Waals surface area contributed by atoms with Gasteiger partial charge >= 0.3 is 5.97 Å². The highest BCUT2D eigenvalue weighted by molar-refractivity contribution is 9.11. The summed E-state index contributed by atoms with van der Waals surface area (Å²) < 4.78 is 27.3. The van der Waals surface area contributed by atoms with Gasteiger partial charge in [0.15, 0.2) is 0 Å². The molecule has 1 aromatic heterocycles. The molecule has 2 rings (SSSR count). The number of hydrogen-bond donors (Lipinski definition) is 2. The number of nitrogens with one attached hydrogen (secondary N) is 1. The second-order valence-electron chi connectivity index (χ2n) is 3.70. The number of carboxylic acids is 1. The lowest BCUT2D eigenvalue weighted by Crippen LogP contribution is -2.12. The predicted octanol–water partition coefficient (Wildman–Crippen LogP) is 3.66. The maximum absolute atomic E-state index is 12.1. The van der Waals surface area contributed by atoms with E-state index in [0.29, 0.717) is 3.79 Å². The lowest BCUT2D eigenvalue weighted by atomic mass is 10.2. The lowest BCUT2D eigenvalue weighted by Gasteiger charge is -2.07. The number of carboxylic acid groups (broad SMARTS) is 1. The van der Waals surface area contributed by atoms with E-state index >= 15 is 0 Å². The summed E-state index contributed by atoms with van der Waals surface area (Å²) in [6.07, 6.45) is 0. The maximum Gasteiger partial charge on any atom is 0.335 e. The molecule has 20 heavy (non-hydrogen) atoms. The normalized spacial score (nSPS) is 11.3. The zero-order valence-corrected chi connectivity index (χ0v) is 13.6. The maximum atomic E-state index is 12.1. The minimum absolute atomic E-state index is 0.0949. The fourth-order valence-corrected chi connectivity index (χ4v) is 4.70. The van der Waals surface area contributed by atoms with Gasteiger partial charge in [-0.2, -0.15) is 0 Å². The summed E-state index contributed by atoms with van der Waals surface area (Å²) in [6, 6.07) is 6.84. The average Bonchev–Trinajstić information content (AvgIpc) is 2.75. The van der Waals surface area contributed by atoms with Crippen molar-refractivity contribution in [3.63, 3.8) is 0 Å². The summed E-state index contributed by atoms with van der Waals surface area (Å²) in [5.41, 5.74) is 0.00184. The van der Waals surface area contributed by atoms with Crippen LogP contribution < -0.4 is 4.72 Å². The second kappa shape index (κ2) is 5.72. The Kier molecular flexibility index (Phi) is 4.38. The number of halogens is 2. The van der Waals surface area contributed by atoms with Crippen molar-refractivity contribution in [1.82, 2.24) is 0 Å². The number of hydrogen-bond acceptors (Lipinski definition) is 4. The van der Waals surface area contributed by atoms with Crippen LogP contribution in [-0.2, 0) is 10.0 Å². The van der Waals surface area contributed by atoms with E-state index in [0.717, 1.165) is 11.3 Å². The fourth-order valence-electron chi connectivity index (χ4n) is 1.42. The van der Waals surface area contributed by atoms with Crippen LogP contribution in [0, 0.1) is 0 Å². The smallest absolute Gasteiger partial charge is 0.335 e. The van der Waals surface area contributed by atoms with Crippen molar-refractivity contribution in [3.8, 4) is 0 Å². The molecule has 106 valence electrons. The van der Waals surface area contributed by atoms with Crippen LogP contribution in [0.4, 0.5) is 5.69 Å². The number of benzene rings is 1. The first-order valence-corrected chi connectivity index (χ1v) is 8.57. The molecule has 2 N–H and O–H groups in total. The number of carbonyl (C=O) groups is 1. The van der Waals surface area contributed by atoms with Gasteiger partial charge in [-0.05, 0) is 46.3 Å². The molecule has 0 saturated carbocycles. The van der Waals surface area contributed by atoms with Crippen molar-refractivity contribution < 1.29 is 18.3 Å². The zero-order valence-electron chi connectivity index (χ0n) is 9.63. The number of sulfonamides is 1. The van der Waals surface area contributed by atoms with Gasteiger partial charge in [0.1, 0.15) is 4.21 Å². The van der Waals surface area contributed by atoms with Gasteiger partial charge in [0.05, 0.1) is 15.0 Å². The molecular formula is C11H7BrClNO4S2. The Morgan fingerprint density at radius 3 is 2.55 bits per heavy atom. The highest BCUT2D eigenvalue weighted by Crippen LogP contribution is 2.28. The van der Waals surface area contributed by atoms with Gasteiger partial charge in [-0.1, -0.05) is 11.6 Å². The first kappa shape index (κ1) is 15.3. The summed E-state index contributed by atoms with van der Waals surface area (Å²) in [7, 11) is -3.76. The van der Waals surface area contributed by atoms with Gasteiger partial charge in [0, 0.05) is 5.02 Å². The topological polar surface area (TPSA) is 83.5 Å². The number of rotatable bonds is 4. The van der Waals surface area contributed by atoms with Gasteiger partial charge in [-0.15, -0.1) is 11.3 Å². The molecule has 0 aliphatic carbocycles. The quantitative estimate of drug-likeness (QED) is 0.826. The number of thiophene rings is 1. The molecule has 0 aliphatic heterocycles. The summed E-state index contributed by atoms with van der Waals surface area (Å²) in [4.78, 5) is 10.9. The van der Waals surface area contributed by atoms with E-state index in [-0.39, 0.29) is 20.5 Å². The largest absolute Gasteiger partial charge is 0.478 e. The van der Waals surface area contributed by atoms with Crippen molar-refractivity contribution in [2.45, 2.75) is 4.21 Å². The van der Waals surface area contributed by atoms with E-state index < -0.39 is 16.0 Å². The Morgan fingerprint density at radius 1 is 1.30 bits per heavy atom. The monoisotopic (exact) mass is 395 g/mol. The molecule has 0 spiro atoms. The third-order valence-corrected chi connectivity index (χ3v) is 5.93. The highest BCUT2D eigenvalue weighted by atomic mass is 79.9. The SMILES string of the molecule is O=C(O)c1cc(Cl)cc(NS(=O)(=O)c2ccc(Br)s2)c1. The molecule has 0 atom stereocenters. The van der Waals surface area contributed by atoms with Crippen molar-refractivity contribution >= 4 is 60.5 Å². The van der Waals surface area contributed by atoms with Gasteiger partial charge in [-0.3, -0.25) is 4.72 Å². The Morgan fingerprint density at radius 2 is 2.00 bits per heavy atom. The molecule has 0 amide bonds. The van der Waals surface area contributed by atoms with Crippen molar-refractivity contribution in [2.24, 2.45) is 0 Å². The van der Waals surface area contributed by atoms with E-state index in [4.69, 9.17) is 16.7 Å². The van der Waals surface area contributed by atoms with Crippen molar-refractivity contribution in [3.05, 3.63) is 44.7 Å². The van der Waals surface area contributed by atoms with E-state index in [2.05, 4.69) is 20.7 Å². The van der Waals surface area contributed by atoms with E-state index in [1.807, 2.05) is 0 Å². The van der Waals surface area contributed by atoms with E-state index in [1.165, 1.54) is 24.3 Å². The predicted molar refractivity (Wildman–Crippen MR) is 81.2 cm³/mol. The van der Waals surface area contributed by atoms with Crippen LogP contribution in [0.2, 0.25) is 5.02 Å². The number of anilines is 1. The molecule has 1 aromatic carbocycles. The third kappa shape index (κ3) is 3.51. The average molecular weight is 397 g/mol. The van der Waals surface area contributed by atoms with Crippen LogP contribution >= 0.6 is 38.9 Å². The first-order chi connectivity index (χ1) is 9.28. The fraction of sp³-hybridized carbons (Fsp3) is 0. The van der Waals surface area contributed by atoms with Gasteiger partial charge in [0.25, 0.3) is 10.0 Å². The molecule has 0 bridgehead atoms. The second-order valence-corrected chi connectivity index (χ2v) is 8.51. The molecule has 9 heteroatoms. The molecule has 2 aromatic rings. The Balaban J connectivity index is 2.37. The first-order valence-electron chi connectivity index (χ1n) is 5.10. The summed E-state index contributed by atoms with van der Waals surface area (Å²) in [6.45, 7) is 0. The minimum Gasteiger partial charge on any atom is -0.478 e. The minimum atomic E-state index is -3.76.